The highest BCUT2D eigenvalue weighted by Crippen LogP contribution is 2.23. The van der Waals surface area contributed by atoms with Gasteiger partial charge in [0.1, 0.15) is 5.60 Å². The highest BCUT2D eigenvalue weighted by Gasteiger charge is 2.37. The van der Waals surface area contributed by atoms with Gasteiger partial charge in [0.05, 0.1) is 17.8 Å². The zero-order valence-corrected chi connectivity index (χ0v) is 13.2. The predicted molar refractivity (Wildman–Crippen MR) is 84.1 cm³/mol. The van der Waals surface area contributed by atoms with Crippen molar-refractivity contribution in [3.8, 4) is 0 Å². The molecule has 2 aromatic heterocycles. The topological polar surface area (TPSA) is 96.2 Å². The van der Waals surface area contributed by atoms with Crippen LogP contribution in [0.3, 0.4) is 0 Å². The number of anilines is 1. The lowest BCUT2D eigenvalue weighted by Crippen LogP contribution is -2.45. The van der Waals surface area contributed by atoms with E-state index < -0.39 is 5.60 Å². The van der Waals surface area contributed by atoms with Crippen LogP contribution in [0, 0.1) is 6.92 Å². The van der Waals surface area contributed by atoms with E-state index in [1.54, 1.807) is 43.3 Å². The summed E-state index contributed by atoms with van der Waals surface area (Å²) in [6, 6.07) is 1.75. The maximum Gasteiger partial charge on any atom is 0.254 e. The number of carbonyl (C=O) groups is 1. The summed E-state index contributed by atoms with van der Waals surface area (Å²) in [5.41, 5.74) is 0.213. The SMILES string of the molecule is Cc1nn(C)cc1C(=O)NC[C@@]1(O)CCN(c2ncccn2)C1. The third-order valence-corrected chi connectivity index (χ3v) is 4.00. The molecule has 8 heteroatoms. The van der Waals surface area contributed by atoms with Crippen molar-refractivity contribution < 1.29 is 9.90 Å². The van der Waals surface area contributed by atoms with Gasteiger partial charge in [0.15, 0.2) is 0 Å². The summed E-state index contributed by atoms with van der Waals surface area (Å²) in [5.74, 6) is 0.372. The van der Waals surface area contributed by atoms with Gasteiger partial charge in [0.2, 0.25) is 5.95 Å². The molecule has 3 rings (SSSR count). The molecule has 1 amide bonds. The standard InChI is InChI=1S/C15H20N6O2/c1-11-12(8-20(2)19-11)13(22)18-9-15(23)4-7-21(10-15)14-16-5-3-6-17-14/h3,5-6,8,23H,4,7,9-10H2,1-2H3,(H,18,22)/t15-/m0/s1. The maximum atomic E-state index is 12.2. The van der Waals surface area contributed by atoms with E-state index >= 15 is 0 Å². The molecule has 2 aromatic rings. The lowest BCUT2D eigenvalue weighted by Gasteiger charge is -2.23. The van der Waals surface area contributed by atoms with Crippen LogP contribution in [-0.4, -0.2) is 56.0 Å². The van der Waals surface area contributed by atoms with Crippen molar-refractivity contribution in [3.63, 3.8) is 0 Å². The number of aromatic nitrogens is 4. The minimum atomic E-state index is -0.981. The first-order valence-electron chi connectivity index (χ1n) is 7.50. The molecule has 0 bridgehead atoms. The van der Waals surface area contributed by atoms with Crippen LogP contribution in [0.1, 0.15) is 22.5 Å². The monoisotopic (exact) mass is 316 g/mol. The summed E-state index contributed by atoms with van der Waals surface area (Å²) in [7, 11) is 1.77. The molecule has 0 saturated carbocycles. The Morgan fingerprint density at radius 1 is 1.43 bits per heavy atom. The summed E-state index contributed by atoms with van der Waals surface area (Å²) in [4.78, 5) is 22.5. The fourth-order valence-electron chi connectivity index (χ4n) is 2.79. The number of rotatable bonds is 4. The van der Waals surface area contributed by atoms with Gasteiger partial charge in [-0.15, -0.1) is 0 Å². The molecule has 8 nitrogen and oxygen atoms in total. The molecule has 0 spiro atoms. The fraction of sp³-hybridized carbons (Fsp3) is 0.467. The van der Waals surface area contributed by atoms with E-state index in [2.05, 4.69) is 20.4 Å². The Bertz CT molecular complexity index is 701. The van der Waals surface area contributed by atoms with Crippen LogP contribution < -0.4 is 10.2 Å². The van der Waals surface area contributed by atoms with E-state index in [4.69, 9.17) is 0 Å². The van der Waals surface area contributed by atoms with E-state index in [1.165, 1.54) is 0 Å². The van der Waals surface area contributed by atoms with Gasteiger partial charge < -0.3 is 15.3 Å². The molecular formula is C15H20N6O2. The first kappa shape index (κ1) is 15.4. The molecular weight excluding hydrogens is 296 g/mol. The number of carbonyl (C=O) groups excluding carboxylic acids is 1. The van der Waals surface area contributed by atoms with Crippen LogP contribution in [0.5, 0.6) is 0 Å². The minimum Gasteiger partial charge on any atom is -0.386 e. The summed E-state index contributed by atoms with van der Waals surface area (Å²) in [6.07, 6.45) is 5.57. The molecule has 0 radical (unpaired) electrons. The molecule has 3 heterocycles. The molecule has 122 valence electrons. The molecule has 1 aliphatic heterocycles. The molecule has 0 unspecified atom stereocenters. The third-order valence-electron chi connectivity index (χ3n) is 4.00. The molecule has 1 atom stereocenters. The summed E-state index contributed by atoms with van der Waals surface area (Å²) in [6.45, 7) is 3.02. The predicted octanol–water partition coefficient (Wildman–Crippen LogP) is -0.110. The van der Waals surface area contributed by atoms with Gasteiger partial charge in [-0.2, -0.15) is 5.10 Å². The van der Waals surface area contributed by atoms with Crippen LogP contribution in [0.15, 0.2) is 24.7 Å². The largest absolute Gasteiger partial charge is 0.386 e. The number of hydrogen-bond acceptors (Lipinski definition) is 6. The number of β-amino-alcohol motifs (C(OH)–C–C–N with tert-alkyl or cyclic N) is 1. The maximum absolute atomic E-state index is 12.2. The fourth-order valence-corrected chi connectivity index (χ4v) is 2.79. The first-order chi connectivity index (χ1) is 11.0. The van der Waals surface area contributed by atoms with Crippen molar-refractivity contribution in [1.29, 1.82) is 0 Å². The Hall–Kier alpha value is -2.48. The molecule has 23 heavy (non-hydrogen) atoms. The molecule has 2 N–H and O–H groups in total. The Kier molecular flexibility index (Phi) is 3.99. The van der Waals surface area contributed by atoms with Crippen LogP contribution in [0.25, 0.3) is 0 Å². The Morgan fingerprint density at radius 3 is 2.83 bits per heavy atom. The van der Waals surface area contributed by atoms with Crippen LogP contribution in [-0.2, 0) is 7.05 Å². The van der Waals surface area contributed by atoms with Crippen LogP contribution >= 0.6 is 0 Å². The second-order valence-corrected chi connectivity index (χ2v) is 5.93. The average molecular weight is 316 g/mol. The highest BCUT2D eigenvalue weighted by atomic mass is 16.3. The number of amides is 1. The molecule has 0 aliphatic carbocycles. The van der Waals surface area contributed by atoms with E-state index in [9.17, 15) is 9.90 Å². The van der Waals surface area contributed by atoms with Crippen LogP contribution in [0.2, 0.25) is 0 Å². The van der Waals surface area contributed by atoms with Gasteiger partial charge in [-0.3, -0.25) is 9.48 Å². The number of aliphatic hydroxyl groups is 1. The molecule has 1 fully saturated rings. The van der Waals surface area contributed by atoms with Crippen molar-refractivity contribution in [2.45, 2.75) is 18.9 Å². The van der Waals surface area contributed by atoms with Crippen molar-refractivity contribution in [1.82, 2.24) is 25.1 Å². The van der Waals surface area contributed by atoms with Crippen LogP contribution in [0.4, 0.5) is 5.95 Å². The quantitative estimate of drug-likeness (QED) is 0.817. The normalized spacial score (nSPS) is 20.7. The number of nitrogens with zero attached hydrogens (tertiary/aromatic N) is 5. The number of nitrogens with one attached hydrogen (secondary N) is 1. The number of aryl methyl sites for hydroxylation is 2. The van der Waals surface area contributed by atoms with Gasteiger partial charge in [0, 0.05) is 38.7 Å². The first-order valence-corrected chi connectivity index (χ1v) is 7.50. The van der Waals surface area contributed by atoms with Gasteiger partial charge in [-0.05, 0) is 19.4 Å². The average Bonchev–Trinajstić information content (AvgIpc) is 3.09. The van der Waals surface area contributed by atoms with Gasteiger partial charge in [-0.25, -0.2) is 9.97 Å². The Balaban J connectivity index is 1.60. The zero-order valence-electron chi connectivity index (χ0n) is 13.2. The second-order valence-electron chi connectivity index (χ2n) is 5.93. The Labute approximate surface area is 134 Å². The lowest BCUT2D eigenvalue weighted by molar-refractivity contribution is 0.0575. The molecule has 0 aromatic carbocycles. The summed E-state index contributed by atoms with van der Waals surface area (Å²) in [5, 5.41) is 17.6. The third kappa shape index (κ3) is 3.31. The lowest BCUT2D eigenvalue weighted by atomic mass is 10.0. The smallest absolute Gasteiger partial charge is 0.254 e. The van der Waals surface area contributed by atoms with E-state index in [-0.39, 0.29) is 12.5 Å². The van der Waals surface area contributed by atoms with Crippen molar-refractivity contribution in [2.75, 3.05) is 24.5 Å². The zero-order chi connectivity index (χ0) is 16.4. The van der Waals surface area contributed by atoms with E-state index in [1.807, 2.05) is 4.90 Å². The van der Waals surface area contributed by atoms with Gasteiger partial charge in [0.25, 0.3) is 5.91 Å². The summed E-state index contributed by atoms with van der Waals surface area (Å²) < 4.78 is 1.60. The van der Waals surface area contributed by atoms with Crippen molar-refractivity contribution in [3.05, 3.63) is 35.9 Å². The summed E-state index contributed by atoms with van der Waals surface area (Å²) >= 11 is 0. The molecule has 1 aliphatic rings. The highest BCUT2D eigenvalue weighted by molar-refractivity contribution is 5.95. The van der Waals surface area contributed by atoms with Crippen molar-refractivity contribution >= 4 is 11.9 Å². The van der Waals surface area contributed by atoms with Crippen molar-refractivity contribution in [2.24, 2.45) is 7.05 Å². The van der Waals surface area contributed by atoms with E-state index in [0.29, 0.717) is 36.7 Å². The van der Waals surface area contributed by atoms with Gasteiger partial charge >= 0.3 is 0 Å². The van der Waals surface area contributed by atoms with E-state index in [0.717, 1.165) is 0 Å². The Morgan fingerprint density at radius 2 is 2.17 bits per heavy atom. The van der Waals surface area contributed by atoms with Gasteiger partial charge in [-0.1, -0.05) is 0 Å². The second kappa shape index (κ2) is 5.96. The molecule has 1 saturated heterocycles. The number of hydrogen-bond donors (Lipinski definition) is 2. The minimum absolute atomic E-state index is 0.184.